The summed E-state index contributed by atoms with van der Waals surface area (Å²) in [6, 6.07) is 14.9. The summed E-state index contributed by atoms with van der Waals surface area (Å²) in [5.74, 6) is 2.07. The fourth-order valence-corrected chi connectivity index (χ4v) is 3.64. The third-order valence-corrected chi connectivity index (χ3v) is 5.28. The van der Waals surface area contributed by atoms with Gasteiger partial charge in [-0.3, -0.25) is 9.69 Å². The molecule has 0 aliphatic carbocycles. The SMILES string of the molecule is COc1cc(/C=C2\N=C3CCCCCN3C2=O)ccc1OCc1ccc(C#N)cc1. The summed E-state index contributed by atoms with van der Waals surface area (Å²) in [4.78, 5) is 19.1. The highest BCUT2D eigenvalue weighted by Gasteiger charge is 2.30. The molecule has 2 aliphatic rings. The lowest BCUT2D eigenvalue weighted by molar-refractivity contribution is -0.122. The Morgan fingerprint density at radius 1 is 1.13 bits per heavy atom. The van der Waals surface area contributed by atoms with E-state index in [9.17, 15) is 4.79 Å². The van der Waals surface area contributed by atoms with Crippen LogP contribution in [0.15, 0.2) is 53.2 Å². The molecular weight excluding hydrogens is 378 g/mol. The van der Waals surface area contributed by atoms with Crippen LogP contribution in [0.1, 0.15) is 42.4 Å². The third-order valence-electron chi connectivity index (χ3n) is 5.28. The number of fused-ring (bicyclic) bond motifs is 1. The van der Waals surface area contributed by atoms with Gasteiger partial charge in [-0.2, -0.15) is 5.26 Å². The summed E-state index contributed by atoms with van der Waals surface area (Å²) in [5, 5.41) is 8.89. The molecule has 0 saturated carbocycles. The lowest BCUT2D eigenvalue weighted by Gasteiger charge is -2.14. The number of methoxy groups -OCH3 is 1. The van der Waals surface area contributed by atoms with Crippen LogP contribution in [0.3, 0.4) is 0 Å². The average Bonchev–Trinajstić information content (AvgIpc) is 2.94. The number of hydrogen-bond acceptors (Lipinski definition) is 5. The van der Waals surface area contributed by atoms with E-state index in [-0.39, 0.29) is 5.91 Å². The van der Waals surface area contributed by atoms with Crippen molar-refractivity contribution in [3.05, 3.63) is 64.9 Å². The van der Waals surface area contributed by atoms with Gasteiger partial charge < -0.3 is 9.47 Å². The van der Waals surface area contributed by atoms with Crippen LogP contribution in [0.4, 0.5) is 0 Å². The van der Waals surface area contributed by atoms with Gasteiger partial charge in [0.2, 0.25) is 0 Å². The molecule has 0 aromatic heterocycles. The van der Waals surface area contributed by atoms with E-state index in [1.165, 1.54) is 0 Å². The second-order valence-corrected chi connectivity index (χ2v) is 7.33. The molecule has 2 aliphatic heterocycles. The maximum Gasteiger partial charge on any atom is 0.277 e. The molecule has 0 radical (unpaired) electrons. The molecular formula is C24H23N3O3. The number of aliphatic imine (C=N–C) groups is 1. The Hall–Kier alpha value is -3.59. The quantitative estimate of drug-likeness (QED) is 0.700. The molecule has 0 atom stereocenters. The number of ether oxygens (including phenoxy) is 2. The smallest absolute Gasteiger partial charge is 0.277 e. The molecule has 6 heteroatoms. The number of hydrogen-bond donors (Lipinski definition) is 0. The topological polar surface area (TPSA) is 74.9 Å². The van der Waals surface area contributed by atoms with Gasteiger partial charge in [0, 0.05) is 13.0 Å². The van der Waals surface area contributed by atoms with E-state index >= 15 is 0 Å². The molecule has 2 aromatic rings. The molecule has 1 fully saturated rings. The Kier molecular flexibility index (Phi) is 5.80. The Labute approximate surface area is 176 Å². The van der Waals surface area contributed by atoms with E-state index in [2.05, 4.69) is 11.1 Å². The fraction of sp³-hybridized carbons (Fsp3) is 0.292. The number of nitriles is 1. The minimum absolute atomic E-state index is 0.0213. The van der Waals surface area contributed by atoms with Gasteiger partial charge in [0.05, 0.1) is 18.7 Å². The number of rotatable bonds is 5. The Balaban J connectivity index is 1.50. The Morgan fingerprint density at radius 2 is 1.97 bits per heavy atom. The van der Waals surface area contributed by atoms with E-state index in [0.29, 0.717) is 29.4 Å². The second-order valence-electron chi connectivity index (χ2n) is 7.33. The number of amides is 1. The number of carbonyl (C=O) groups is 1. The van der Waals surface area contributed by atoms with Gasteiger partial charge >= 0.3 is 0 Å². The molecule has 0 spiro atoms. The zero-order valence-corrected chi connectivity index (χ0v) is 16.9. The lowest BCUT2D eigenvalue weighted by Crippen LogP contribution is -2.31. The molecule has 1 amide bonds. The van der Waals surface area contributed by atoms with Crippen LogP contribution in [-0.4, -0.2) is 30.3 Å². The normalized spacial score (nSPS) is 17.2. The summed E-state index contributed by atoms with van der Waals surface area (Å²) < 4.78 is 11.4. The minimum atomic E-state index is -0.0213. The van der Waals surface area contributed by atoms with Crippen molar-refractivity contribution in [3.8, 4) is 17.6 Å². The van der Waals surface area contributed by atoms with Gasteiger partial charge in [0.1, 0.15) is 18.1 Å². The van der Waals surface area contributed by atoms with Gasteiger partial charge in [-0.05, 0) is 54.3 Å². The summed E-state index contributed by atoms with van der Waals surface area (Å²) in [6.07, 6.45) is 5.90. The van der Waals surface area contributed by atoms with Crippen molar-refractivity contribution in [2.24, 2.45) is 4.99 Å². The summed E-state index contributed by atoms with van der Waals surface area (Å²) in [6.45, 7) is 1.12. The van der Waals surface area contributed by atoms with Crippen molar-refractivity contribution in [1.82, 2.24) is 4.90 Å². The van der Waals surface area contributed by atoms with E-state index in [1.54, 1.807) is 25.3 Å². The molecule has 2 heterocycles. The number of benzene rings is 2. The Morgan fingerprint density at radius 3 is 2.73 bits per heavy atom. The highest BCUT2D eigenvalue weighted by atomic mass is 16.5. The van der Waals surface area contributed by atoms with Gasteiger partial charge in [-0.25, -0.2) is 4.99 Å². The highest BCUT2D eigenvalue weighted by molar-refractivity contribution is 6.14. The van der Waals surface area contributed by atoms with Crippen molar-refractivity contribution < 1.29 is 14.3 Å². The van der Waals surface area contributed by atoms with Gasteiger partial charge in [0.25, 0.3) is 5.91 Å². The van der Waals surface area contributed by atoms with Crippen molar-refractivity contribution in [2.45, 2.75) is 32.3 Å². The minimum Gasteiger partial charge on any atom is -0.493 e. The molecule has 0 N–H and O–H groups in total. The first-order valence-electron chi connectivity index (χ1n) is 10.1. The van der Waals surface area contributed by atoms with Crippen LogP contribution in [-0.2, 0) is 11.4 Å². The predicted octanol–water partition coefficient (Wildman–Crippen LogP) is 4.30. The number of carbonyl (C=O) groups excluding carboxylic acids is 1. The molecule has 152 valence electrons. The Bertz CT molecular complexity index is 1050. The van der Waals surface area contributed by atoms with Crippen LogP contribution in [0.2, 0.25) is 0 Å². The van der Waals surface area contributed by atoms with Crippen LogP contribution < -0.4 is 9.47 Å². The zero-order chi connectivity index (χ0) is 20.9. The van der Waals surface area contributed by atoms with Gasteiger partial charge in [-0.15, -0.1) is 0 Å². The van der Waals surface area contributed by atoms with E-state index < -0.39 is 0 Å². The van der Waals surface area contributed by atoms with Crippen molar-refractivity contribution in [3.63, 3.8) is 0 Å². The third kappa shape index (κ3) is 4.20. The summed E-state index contributed by atoms with van der Waals surface area (Å²) >= 11 is 0. The molecule has 2 aromatic carbocycles. The molecule has 6 nitrogen and oxygen atoms in total. The van der Waals surface area contributed by atoms with Crippen molar-refractivity contribution in [1.29, 1.82) is 5.26 Å². The zero-order valence-electron chi connectivity index (χ0n) is 16.9. The maximum absolute atomic E-state index is 12.7. The molecule has 1 saturated heterocycles. The van der Waals surface area contributed by atoms with E-state index in [4.69, 9.17) is 14.7 Å². The van der Waals surface area contributed by atoms with Crippen LogP contribution in [0.5, 0.6) is 11.5 Å². The van der Waals surface area contributed by atoms with E-state index in [1.807, 2.05) is 35.2 Å². The number of nitrogens with zero attached hydrogens (tertiary/aromatic N) is 3. The largest absolute Gasteiger partial charge is 0.493 e. The predicted molar refractivity (Wildman–Crippen MR) is 114 cm³/mol. The van der Waals surface area contributed by atoms with Crippen molar-refractivity contribution >= 4 is 17.8 Å². The first-order valence-corrected chi connectivity index (χ1v) is 10.1. The number of amidine groups is 1. The standard InChI is InChI=1S/C24H23N3O3/c1-29-22-14-19(13-20-24(28)27-12-4-2-3-5-23(27)26-20)10-11-21(22)30-16-18-8-6-17(15-25)7-9-18/h6-11,13-14H,2-5,12,16H2,1H3/b20-13-. The van der Waals surface area contributed by atoms with Gasteiger partial charge in [-0.1, -0.05) is 24.6 Å². The summed E-state index contributed by atoms with van der Waals surface area (Å²) in [7, 11) is 1.59. The monoisotopic (exact) mass is 401 g/mol. The molecule has 0 bridgehead atoms. The second kappa shape index (κ2) is 8.83. The van der Waals surface area contributed by atoms with Crippen LogP contribution in [0, 0.1) is 11.3 Å². The van der Waals surface area contributed by atoms with Gasteiger partial charge in [0.15, 0.2) is 11.5 Å². The molecule has 0 unspecified atom stereocenters. The first-order chi connectivity index (χ1) is 14.7. The lowest BCUT2D eigenvalue weighted by atomic mass is 10.1. The van der Waals surface area contributed by atoms with E-state index in [0.717, 1.165) is 49.2 Å². The highest BCUT2D eigenvalue weighted by Crippen LogP contribution is 2.31. The van der Waals surface area contributed by atoms with Crippen LogP contribution >= 0.6 is 0 Å². The molecule has 4 rings (SSSR count). The first kappa shape index (κ1) is 19.7. The van der Waals surface area contributed by atoms with Crippen molar-refractivity contribution in [2.75, 3.05) is 13.7 Å². The maximum atomic E-state index is 12.7. The van der Waals surface area contributed by atoms with Crippen LogP contribution in [0.25, 0.3) is 6.08 Å². The summed E-state index contributed by atoms with van der Waals surface area (Å²) in [5.41, 5.74) is 2.89. The average molecular weight is 401 g/mol. The fourth-order valence-electron chi connectivity index (χ4n) is 3.64. The molecule has 30 heavy (non-hydrogen) atoms.